The van der Waals surface area contributed by atoms with E-state index in [1.165, 1.54) is 30.0 Å². The fourth-order valence-electron chi connectivity index (χ4n) is 3.07. The van der Waals surface area contributed by atoms with E-state index in [0.29, 0.717) is 6.42 Å². The molecule has 2 unspecified atom stereocenters. The molecule has 0 saturated carbocycles. The Labute approximate surface area is 165 Å². The van der Waals surface area contributed by atoms with Gasteiger partial charge in [0, 0.05) is 12.6 Å². The van der Waals surface area contributed by atoms with Gasteiger partial charge < -0.3 is 9.64 Å². The van der Waals surface area contributed by atoms with Gasteiger partial charge in [-0.05, 0) is 32.4 Å². The Morgan fingerprint density at radius 3 is 2.50 bits per heavy atom. The van der Waals surface area contributed by atoms with E-state index < -0.39 is 43.9 Å². The number of sulfonamides is 1. The standard InChI is InChI=1S/C17H24N2O7S2/c1-4-19(13-9-10-28(24,25)11-13)16(20)12(2)26-17(21)14-7-5-6-8-15(14)18-27(3,22)23/h5-8,12-13,18H,4,9-11H2,1-3H3. The number of amides is 1. The Morgan fingerprint density at radius 1 is 1.32 bits per heavy atom. The first-order chi connectivity index (χ1) is 12.9. The van der Waals surface area contributed by atoms with Crippen molar-refractivity contribution >= 4 is 37.4 Å². The lowest BCUT2D eigenvalue weighted by Crippen LogP contribution is -2.46. The molecule has 0 aliphatic carbocycles. The zero-order valence-corrected chi connectivity index (χ0v) is 17.5. The summed E-state index contributed by atoms with van der Waals surface area (Å²) in [4.78, 5) is 26.6. The van der Waals surface area contributed by atoms with Gasteiger partial charge in [0.15, 0.2) is 15.9 Å². The van der Waals surface area contributed by atoms with Gasteiger partial charge in [-0.25, -0.2) is 21.6 Å². The van der Waals surface area contributed by atoms with Crippen LogP contribution in [0.15, 0.2) is 24.3 Å². The monoisotopic (exact) mass is 432 g/mol. The van der Waals surface area contributed by atoms with Crippen molar-refractivity contribution in [3.05, 3.63) is 29.8 Å². The van der Waals surface area contributed by atoms with E-state index >= 15 is 0 Å². The maximum Gasteiger partial charge on any atom is 0.341 e. The molecule has 28 heavy (non-hydrogen) atoms. The van der Waals surface area contributed by atoms with Gasteiger partial charge in [0.05, 0.1) is 29.0 Å². The van der Waals surface area contributed by atoms with E-state index in [2.05, 4.69) is 4.72 Å². The van der Waals surface area contributed by atoms with Gasteiger partial charge in [-0.2, -0.15) is 0 Å². The molecule has 1 saturated heterocycles. The molecule has 0 spiro atoms. The molecule has 1 heterocycles. The number of nitrogens with zero attached hydrogens (tertiary/aromatic N) is 1. The highest BCUT2D eigenvalue weighted by molar-refractivity contribution is 7.92. The molecule has 1 aliphatic heterocycles. The first-order valence-electron chi connectivity index (χ1n) is 8.72. The molecular formula is C17H24N2O7S2. The summed E-state index contributed by atoms with van der Waals surface area (Å²) in [6.45, 7) is 3.41. The highest BCUT2D eigenvalue weighted by atomic mass is 32.2. The van der Waals surface area contributed by atoms with Gasteiger partial charge in [-0.3, -0.25) is 9.52 Å². The number of likely N-dealkylation sites (N-methyl/N-ethyl adjacent to an activating group) is 1. The molecule has 9 nitrogen and oxygen atoms in total. The summed E-state index contributed by atoms with van der Waals surface area (Å²) in [5.41, 5.74) is 0.0166. The lowest BCUT2D eigenvalue weighted by atomic mass is 10.1. The van der Waals surface area contributed by atoms with E-state index in [4.69, 9.17) is 4.74 Å². The molecule has 1 aliphatic rings. The minimum Gasteiger partial charge on any atom is -0.449 e. The number of carbonyl (C=O) groups is 2. The predicted molar refractivity (Wildman–Crippen MR) is 104 cm³/mol. The fourth-order valence-corrected chi connectivity index (χ4v) is 5.38. The van der Waals surface area contributed by atoms with Crippen LogP contribution in [0.25, 0.3) is 0 Å². The van der Waals surface area contributed by atoms with Crippen LogP contribution >= 0.6 is 0 Å². The summed E-state index contributed by atoms with van der Waals surface area (Å²) >= 11 is 0. The van der Waals surface area contributed by atoms with Crippen molar-refractivity contribution < 1.29 is 31.2 Å². The lowest BCUT2D eigenvalue weighted by molar-refractivity contribution is -0.141. The molecule has 11 heteroatoms. The van der Waals surface area contributed by atoms with Crippen LogP contribution in [0, 0.1) is 0 Å². The highest BCUT2D eigenvalue weighted by Gasteiger charge is 2.36. The average Bonchev–Trinajstić information content (AvgIpc) is 2.94. The van der Waals surface area contributed by atoms with Gasteiger partial charge in [-0.1, -0.05) is 12.1 Å². The minimum atomic E-state index is -3.61. The van der Waals surface area contributed by atoms with Crippen molar-refractivity contribution in [1.29, 1.82) is 0 Å². The third-order valence-electron chi connectivity index (χ3n) is 4.35. The number of rotatable bonds is 7. The van der Waals surface area contributed by atoms with E-state index in [0.717, 1.165) is 6.26 Å². The number of carbonyl (C=O) groups excluding carboxylic acids is 2. The van der Waals surface area contributed by atoms with Gasteiger partial charge >= 0.3 is 5.97 Å². The first kappa shape index (κ1) is 22.2. The summed E-state index contributed by atoms with van der Waals surface area (Å²) in [6.07, 6.45) is 0.154. The minimum absolute atomic E-state index is 0.0279. The van der Waals surface area contributed by atoms with E-state index in [1.807, 2.05) is 0 Å². The summed E-state index contributed by atoms with van der Waals surface area (Å²) in [6, 6.07) is 5.44. The SMILES string of the molecule is CCN(C(=O)C(C)OC(=O)c1ccccc1NS(C)(=O)=O)C1CCS(=O)(=O)C1. The normalized spacial score (nSPS) is 19.6. The van der Waals surface area contributed by atoms with Gasteiger partial charge in [0.25, 0.3) is 5.91 Å². The smallest absolute Gasteiger partial charge is 0.341 e. The molecule has 1 aromatic rings. The number of ether oxygens (including phenoxy) is 1. The van der Waals surface area contributed by atoms with Crippen LogP contribution in [0.3, 0.4) is 0 Å². The molecule has 1 amide bonds. The molecule has 0 radical (unpaired) electrons. The van der Waals surface area contributed by atoms with E-state index in [-0.39, 0.29) is 29.3 Å². The number of esters is 1. The molecule has 1 N–H and O–H groups in total. The number of nitrogens with one attached hydrogen (secondary N) is 1. The van der Waals surface area contributed by atoms with Crippen LogP contribution in [-0.4, -0.2) is 70.1 Å². The number of para-hydroxylation sites is 1. The molecular weight excluding hydrogens is 408 g/mol. The second-order valence-electron chi connectivity index (χ2n) is 6.65. The number of anilines is 1. The van der Waals surface area contributed by atoms with Gasteiger partial charge in [0.2, 0.25) is 10.0 Å². The molecule has 0 bridgehead atoms. The summed E-state index contributed by atoms with van der Waals surface area (Å²) in [5.74, 6) is -1.43. The van der Waals surface area contributed by atoms with Crippen molar-refractivity contribution in [3.8, 4) is 0 Å². The van der Waals surface area contributed by atoms with Crippen LogP contribution in [0.4, 0.5) is 5.69 Å². The average molecular weight is 433 g/mol. The molecule has 2 atom stereocenters. The Kier molecular flexibility index (Phi) is 6.71. The van der Waals surface area contributed by atoms with Crippen LogP contribution in [0.2, 0.25) is 0 Å². The third-order valence-corrected chi connectivity index (χ3v) is 6.69. The molecule has 1 aromatic carbocycles. The lowest BCUT2D eigenvalue weighted by Gasteiger charge is -2.29. The summed E-state index contributed by atoms with van der Waals surface area (Å²) in [7, 11) is -6.77. The quantitative estimate of drug-likeness (QED) is 0.626. The van der Waals surface area contributed by atoms with Crippen molar-refractivity contribution in [2.75, 3.05) is 29.0 Å². The zero-order chi connectivity index (χ0) is 21.1. The van der Waals surface area contributed by atoms with Crippen LogP contribution < -0.4 is 4.72 Å². The van der Waals surface area contributed by atoms with E-state index in [1.54, 1.807) is 13.0 Å². The maximum atomic E-state index is 12.7. The van der Waals surface area contributed by atoms with Gasteiger partial charge in [0.1, 0.15) is 0 Å². The zero-order valence-electron chi connectivity index (χ0n) is 15.9. The Balaban J connectivity index is 2.12. The maximum absolute atomic E-state index is 12.7. The van der Waals surface area contributed by atoms with Gasteiger partial charge in [-0.15, -0.1) is 0 Å². The topological polar surface area (TPSA) is 127 Å². The largest absolute Gasteiger partial charge is 0.449 e. The molecule has 156 valence electrons. The summed E-state index contributed by atoms with van der Waals surface area (Å²) in [5, 5.41) is 0. The fraction of sp³-hybridized carbons (Fsp3) is 0.529. The van der Waals surface area contributed by atoms with Crippen LogP contribution in [0.1, 0.15) is 30.6 Å². The van der Waals surface area contributed by atoms with Crippen LogP contribution in [-0.2, 0) is 29.4 Å². The van der Waals surface area contributed by atoms with Crippen LogP contribution in [0.5, 0.6) is 0 Å². The Morgan fingerprint density at radius 2 is 1.96 bits per heavy atom. The third kappa shape index (κ3) is 5.68. The Bertz CT molecular complexity index is 957. The number of sulfone groups is 1. The van der Waals surface area contributed by atoms with Crippen molar-refractivity contribution in [2.24, 2.45) is 0 Å². The number of benzene rings is 1. The second kappa shape index (κ2) is 8.48. The molecule has 2 rings (SSSR count). The second-order valence-corrected chi connectivity index (χ2v) is 10.6. The molecule has 1 fully saturated rings. The van der Waals surface area contributed by atoms with Crippen molar-refractivity contribution in [3.63, 3.8) is 0 Å². The van der Waals surface area contributed by atoms with Crippen molar-refractivity contribution in [2.45, 2.75) is 32.4 Å². The first-order valence-corrected chi connectivity index (χ1v) is 12.4. The molecule has 0 aromatic heterocycles. The van der Waals surface area contributed by atoms with E-state index in [9.17, 15) is 26.4 Å². The highest BCUT2D eigenvalue weighted by Crippen LogP contribution is 2.21. The Hall–Kier alpha value is -2.14. The summed E-state index contributed by atoms with van der Waals surface area (Å²) < 4.78 is 53.8. The predicted octanol–water partition coefficient (Wildman–Crippen LogP) is 0.639. The van der Waals surface area contributed by atoms with Crippen molar-refractivity contribution in [1.82, 2.24) is 4.90 Å². The number of hydrogen-bond acceptors (Lipinski definition) is 7. The number of hydrogen-bond donors (Lipinski definition) is 1.